The highest BCUT2D eigenvalue weighted by atomic mass is 32.2. The van der Waals surface area contributed by atoms with Crippen LogP contribution < -0.4 is 9.47 Å². The van der Waals surface area contributed by atoms with Crippen LogP contribution in [0, 0.1) is 6.92 Å². The largest absolute Gasteiger partial charge is 0.493 e. The lowest BCUT2D eigenvalue weighted by atomic mass is 9.97. The van der Waals surface area contributed by atoms with E-state index in [-0.39, 0.29) is 11.2 Å². The van der Waals surface area contributed by atoms with Crippen LogP contribution in [-0.4, -0.2) is 28.6 Å². The zero-order valence-electron chi connectivity index (χ0n) is 14.3. The van der Waals surface area contributed by atoms with Crippen LogP contribution >= 0.6 is 0 Å². The van der Waals surface area contributed by atoms with Crippen molar-refractivity contribution in [2.24, 2.45) is 0 Å². The van der Waals surface area contributed by atoms with Gasteiger partial charge in [-0.3, -0.25) is 4.21 Å². The molecule has 0 saturated heterocycles. The average molecular weight is 338 g/mol. The number of aromatic nitrogens is 2. The van der Waals surface area contributed by atoms with E-state index >= 15 is 0 Å². The lowest BCUT2D eigenvalue weighted by Crippen LogP contribution is -2.11. The molecule has 2 aromatic rings. The zero-order valence-corrected chi connectivity index (χ0v) is 15.1. The highest BCUT2D eigenvalue weighted by molar-refractivity contribution is 7.84. The van der Waals surface area contributed by atoms with E-state index in [4.69, 9.17) is 13.9 Å². The van der Waals surface area contributed by atoms with Crippen LogP contribution in [0.2, 0.25) is 0 Å². The van der Waals surface area contributed by atoms with Gasteiger partial charge in [-0.1, -0.05) is 20.8 Å². The molecule has 0 bridgehead atoms. The van der Waals surface area contributed by atoms with E-state index in [9.17, 15) is 4.21 Å². The summed E-state index contributed by atoms with van der Waals surface area (Å²) in [4.78, 5) is 0.665. The Balaban J connectivity index is 2.26. The number of rotatable bonds is 5. The molecule has 1 atom stereocenters. The SMILES string of the molecule is COc1cc(C)c(S(=O)Cc2nnc(C(C)(C)C)o2)cc1OC. The smallest absolute Gasteiger partial charge is 0.229 e. The molecule has 0 saturated carbocycles. The third kappa shape index (κ3) is 3.90. The molecule has 0 aliphatic rings. The second kappa shape index (κ2) is 6.70. The number of aryl methyl sites for hydroxylation is 1. The first kappa shape index (κ1) is 17.5. The Kier molecular flexibility index (Phi) is 5.09. The number of methoxy groups -OCH3 is 2. The summed E-state index contributed by atoms with van der Waals surface area (Å²) < 4.78 is 28.8. The number of ether oxygens (including phenoxy) is 2. The van der Waals surface area contributed by atoms with E-state index < -0.39 is 10.8 Å². The van der Waals surface area contributed by atoms with Crippen molar-refractivity contribution < 1.29 is 18.1 Å². The molecule has 0 amide bonds. The Morgan fingerprint density at radius 3 is 2.26 bits per heavy atom. The van der Waals surface area contributed by atoms with Crippen LogP contribution in [0.5, 0.6) is 11.5 Å². The summed E-state index contributed by atoms with van der Waals surface area (Å²) in [5.74, 6) is 2.22. The lowest BCUT2D eigenvalue weighted by Gasteiger charge is -2.12. The van der Waals surface area contributed by atoms with Crippen LogP contribution in [0.15, 0.2) is 21.4 Å². The molecule has 2 rings (SSSR count). The fraction of sp³-hybridized carbons (Fsp3) is 0.500. The second-order valence-electron chi connectivity index (χ2n) is 6.21. The van der Waals surface area contributed by atoms with Crippen molar-refractivity contribution in [3.63, 3.8) is 0 Å². The van der Waals surface area contributed by atoms with E-state index in [1.165, 1.54) is 0 Å². The normalized spacial score (nSPS) is 13.0. The minimum Gasteiger partial charge on any atom is -0.493 e. The van der Waals surface area contributed by atoms with Gasteiger partial charge >= 0.3 is 0 Å². The summed E-state index contributed by atoms with van der Waals surface area (Å²) in [6.45, 7) is 7.84. The molecule has 0 spiro atoms. The quantitative estimate of drug-likeness (QED) is 0.834. The van der Waals surface area contributed by atoms with Crippen molar-refractivity contribution in [3.05, 3.63) is 29.5 Å². The van der Waals surface area contributed by atoms with Gasteiger partial charge in [-0.2, -0.15) is 0 Å². The molecule has 0 aliphatic heterocycles. The molecule has 6 nitrogen and oxygen atoms in total. The van der Waals surface area contributed by atoms with Gasteiger partial charge < -0.3 is 13.9 Å². The molecule has 7 heteroatoms. The first-order chi connectivity index (χ1) is 10.8. The van der Waals surface area contributed by atoms with E-state index in [1.807, 2.05) is 27.7 Å². The van der Waals surface area contributed by atoms with Crippen molar-refractivity contribution in [2.75, 3.05) is 14.2 Å². The minimum atomic E-state index is -1.31. The fourth-order valence-electron chi connectivity index (χ4n) is 2.01. The van der Waals surface area contributed by atoms with Crippen LogP contribution in [0.4, 0.5) is 0 Å². The molecule has 1 aromatic carbocycles. The molecular weight excluding hydrogens is 316 g/mol. The van der Waals surface area contributed by atoms with E-state index in [0.29, 0.717) is 28.2 Å². The highest BCUT2D eigenvalue weighted by Gasteiger charge is 2.23. The Bertz CT molecular complexity index is 719. The summed E-state index contributed by atoms with van der Waals surface area (Å²) >= 11 is 0. The number of nitrogens with zero attached hydrogens (tertiary/aromatic N) is 2. The van der Waals surface area contributed by atoms with Crippen molar-refractivity contribution in [2.45, 2.75) is 43.8 Å². The van der Waals surface area contributed by atoms with Crippen molar-refractivity contribution >= 4 is 10.8 Å². The lowest BCUT2D eigenvalue weighted by molar-refractivity contribution is 0.353. The van der Waals surface area contributed by atoms with Gasteiger partial charge in [-0.15, -0.1) is 10.2 Å². The molecule has 0 aliphatic carbocycles. The van der Waals surface area contributed by atoms with E-state index in [1.54, 1.807) is 26.4 Å². The number of hydrogen-bond donors (Lipinski definition) is 0. The van der Waals surface area contributed by atoms with Crippen LogP contribution in [-0.2, 0) is 22.0 Å². The Hall–Kier alpha value is -1.89. The Labute approximate surface area is 138 Å². The predicted molar refractivity (Wildman–Crippen MR) is 87.4 cm³/mol. The summed E-state index contributed by atoms with van der Waals surface area (Å²) in [5, 5.41) is 8.01. The van der Waals surface area contributed by atoms with Gasteiger partial charge in [0.25, 0.3) is 0 Å². The van der Waals surface area contributed by atoms with Gasteiger partial charge in [0.05, 0.1) is 25.0 Å². The summed E-state index contributed by atoms with van der Waals surface area (Å²) in [6.07, 6.45) is 0. The standard InChI is InChI=1S/C16H22N2O4S/c1-10-7-11(20-5)12(21-6)8-13(10)23(19)9-14-17-18-15(22-14)16(2,3)4/h7-8H,9H2,1-6H3. The molecule has 0 radical (unpaired) electrons. The third-order valence-corrected chi connectivity index (χ3v) is 4.73. The van der Waals surface area contributed by atoms with Gasteiger partial charge in [0.2, 0.25) is 11.8 Å². The summed E-state index contributed by atoms with van der Waals surface area (Å²) in [5.41, 5.74) is 0.628. The maximum atomic E-state index is 12.6. The Morgan fingerprint density at radius 2 is 1.74 bits per heavy atom. The molecular formula is C16H22N2O4S. The fourth-order valence-corrected chi connectivity index (χ4v) is 3.17. The molecule has 1 heterocycles. The van der Waals surface area contributed by atoms with E-state index in [0.717, 1.165) is 5.56 Å². The van der Waals surface area contributed by atoms with Crippen molar-refractivity contribution in [3.8, 4) is 11.5 Å². The third-order valence-electron chi connectivity index (χ3n) is 3.29. The predicted octanol–water partition coefficient (Wildman–Crippen LogP) is 3.00. The summed E-state index contributed by atoms with van der Waals surface area (Å²) in [7, 11) is 1.81. The van der Waals surface area contributed by atoms with Gasteiger partial charge in [-0.25, -0.2) is 0 Å². The van der Waals surface area contributed by atoms with Crippen LogP contribution in [0.1, 0.15) is 38.1 Å². The van der Waals surface area contributed by atoms with Crippen LogP contribution in [0.25, 0.3) is 0 Å². The second-order valence-corrected chi connectivity index (χ2v) is 7.63. The zero-order chi connectivity index (χ0) is 17.2. The molecule has 1 aromatic heterocycles. The number of hydrogen-bond acceptors (Lipinski definition) is 6. The molecule has 23 heavy (non-hydrogen) atoms. The maximum absolute atomic E-state index is 12.6. The van der Waals surface area contributed by atoms with Crippen molar-refractivity contribution in [1.82, 2.24) is 10.2 Å². The monoisotopic (exact) mass is 338 g/mol. The van der Waals surface area contributed by atoms with Crippen molar-refractivity contribution in [1.29, 1.82) is 0 Å². The van der Waals surface area contributed by atoms with Gasteiger partial charge in [0.1, 0.15) is 5.75 Å². The van der Waals surface area contributed by atoms with Crippen LogP contribution in [0.3, 0.4) is 0 Å². The molecule has 0 fully saturated rings. The van der Waals surface area contributed by atoms with Gasteiger partial charge in [0.15, 0.2) is 11.5 Å². The molecule has 126 valence electrons. The molecule has 1 unspecified atom stereocenters. The number of benzene rings is 1. The van der Waals surface area contributed by atoms with E-state index in [2.05, 4.69) is 10.2 Å². The first-order valence-electron chi connectivity index (χ1n) is 7.20. The maximum Gasteiger partial charge on any atom is 0.229 e. The van der Waals surface area contributed by atoms with Gasteiger partial charge in [0, 0.05) is 16.4 Å². The topological polar surface area (TPSA) is 74.5 Å². The summed E-state index contributed by atoms with van der Waals surface area (Å²) in [6, 6.07) is 3.53. The average Bonchev–Trinajstić information content (AvgIpc) is 2.95. The first-order valence-corrected chi connectivity index (χ1v) is 8.52. The highest BCUT2D eigenvalue weighted by Crippen LogP contribution is 2.32. The molecule has 0 N–H and O–H groups in total. The minimum absolute atomic E-state index is 0.166. The Morgan fingerprint density at radius 1 is 1.13 bits per heavy atom. The van der Waals surface area contributed by atoms with Gasteiger partial charge in [-0.05, 0) is 18.6 Å².